The number of amides is 1. The van der Waals surface area contributed by atoms with Crippen LogP contribution in [0.15, 0.2) is 6.20 Å². The summed E-state index contributed by atoms with van der Waals surface area (Å²) in [6, 6.07) is -0.180. The largest absolute Gasteiger partial charge is 0.469 e. The van der Waals surface area contributed by atoms with Gasteiger partial charge in [0.05, 0.1) is 38.3 Å². The molecule has 27 heavy (non-hydrogen) atoms. The molecule has 0 radical (unpaired) electrons. The van der Waals surface area contributed by atoms with Crippen LogP contribution >= 0.6 is 11.3 Å². The lowest BCUT2D eigenvalue weighted by Gasteiger charge is -2.27. The molecule has 0 spiro atoms. The van der Waals surface area contributed by atoms with Crippen molar-refractivity contribution in [1.29, 1.82) is 0 Å². The molecule has 0 aliphatic carbocycles. The number of likely N-dealkylation sites (tertiary alicyclic amines) is 1. The van der Waals surface area contributed by atoms with Crippen LogP contribution < -0.4 is 0 Å². The van der Waals surface area contributed by atoms with Crippen molar-refractivity contribution in [2.75, 3.05) is 13.7 Å². The Morgan fingerprint density at radius 3 is 2.67 bits per heavy atom. The first-order valence-electron chi connectivity index (χ1n) is 9.25. The Morgan fingerprint density at radius 1 is 1.37 bits per heavy atom. The molecule has 0 aromatic carbocycles. The minimum atomic E-state index is -0.562. The molecule has 1 fully saturated rings. The fraction of sp³-hybridized carbons (Fsp3) is 0.737. The highest BCUT2D eigenvalue weighted by molar-refractivity contribution is 7.11. The average Bonchev–Trinajstić information content (AvgIpc) is 3.17. The van der Waals surface area contributed by atoms with Gasteiger partial charge in [0, 0.05) is 17.5 Å². The van der Waals surface area contributed by atoms with E-state index in [-0.39, 0.29) is 30.3 Å². The molecule has 2 atom stereocenters. The second kappa shape index (κ2) is 9.01. The van der Waals surface area contributed by atoms with Crippen molar-refractivity contribution in [3.05, 3.63) is 16.1 Å². The van der Waals surface area contributed by atoms with Crippen molar-refractivity contribution in [2.24, 2.45) is 0 Å². The molecule has 152 valence electrons. The number of methoxy groups -OCH3 is 1. The van der Waals surface area contributed by atoms with E-state index < -0.39 is 5.60 Å². The van der Waals surface area contributed by atoms with Crippen LogP contribution in [-0.4, -0.2) is 53.4 Å². The maximum absolute atomic E-state index is 12.7. The van der Waals surface area contributed by atoms with Crippen molar-refractivity contribution in [2.45, 2.75) is 77.7 Å². The number of hydrogen-bond acceptors (Lipinski definition) is 7. The molecule has 0 N–H and O–H groups in total. The summed E-state index contributed by atoms with van der Waals surface area (Å²) in [7, 11) is 1.38. The highest BCUT2D eigenvalue weighted by atomic mass is 32.1. The van der Waals surface area contributed by atoms with Gasteiger partial charge in [0.2, 0.25) is 0 Å². The number of hydrogen-bond donors (Lipinski definition) is 0. The molecular formula is C19H30N2O5S. The quantitative estimate of drug-likeness (QED) is 0.680. The van der Waals surface area contributed by atoms with Crippen LogP contribution in [0.2, 0.25) is 0 Å². The first-order chi connectivity index (χ1) is 12.6. The van der Waals surface area contributed by atoms with E-state index in [0.29, 0.717) is 25.8 Å². The molecule has 1 aromatic rings. The van der Waals surface area contributed by atoms with Crippen LogP contribution in [-0.2, 0) is 25.4 Å². The summed E-state index contributed by atoms with van der Waals surface area (Å²) in [5, 5.41) is 0.843. The minimum absolute atomic E-state index is 0.0510. The van der Waals surface area contributed by atoms with Gasteiger partial charge >= 0.3 is 12.1 Å². The molecule has 0 saturated carbocycles. The number of aryl methyl sites for hydroxylation is 1. The molecule has 1 aromatic heterocycles. The predicted octanol–water partition coefficient (Wildman–Crippen LogP) is 3.72. The third-order valence-corrected chi connectivity index (χ3v) is 5.17. The molecule has 2 heterocycles. The Hall–Kier alpha value is -1.67. The monoisotopic (exact) mass is 398 g/mol. The zero-order valence-electron chi connectivity index (χ0n) is 17.0. The molecule has 2 rings (SSSR count). The van der Waals surface area contributed by atoms with Crippen molar-refractivity contribution in [3.8, 4) is 0 Å². The maximum Gasteiger partial charge on any atom is 0.410 e. The van der Waals surface area contributed by atoms with E-state index in [9.17, 15) is 9.59 Å². The van der Waals surface area contributed by atoms with Crippen molar-refractivity contribution < 1.29 is 23.8 Å². The molecule has 1 aliphatic rings. The lowest BCUT2D eigenvalue weighted by molar-refractivity contribution is -0.140. The Morgan fingerprint density at radius 2 is 2.07 bits per heavy atom. The first kappa shape index (κ1) is 21.6. The number of thiazole rings is 1. The van der Waals surface area contributed by atoms with Gasteiger partial charge in [0.15, 0.2) is 0 Å². The number of esters is 1. The van der Waals surface area contributed by atoms with Gasteiger partial charge in [0.25, 0.3) is 0 Å². The Labute approximate surface area is 165 Å². The summed E-state index contributed by atoms with van der Waals surface area (Å²) in [5.74, 6) is -0.244. The van der Waals surface area contributed by atoms with Crippen LogP contribution in [0.5, 0.6) is 0 Å². The van der Waals surface area contributed by atoms with Gasteiger partial charge < -0.3 is 14.2 Å². The molecule has 1 aliphatic heterocycles. The summed E-state index contributed by atoms with van der Waals surface area (Å²) >= 11 is 1.52. The fourth-order valence-corrected chi connectivity index (χ4v) is 4.00. The smallest absolute Gasteiger partial charge is 0.410 e. The van der Waals surface area contributed by atoms with Crippen LogP contribution in [0.1, 0.15) is 63.4 Å². The van der Waals surface area contributed by atoms with E-state index in [1.54, 1.807) is 11.1 Å². The molecule has 1 saturated heterocycles. The SMILES string of the molecule is COC(=O)CCc1cnc([C@@H]2C[C@H](OC(C)C)CN2C(=O)OC(C)(C)C)s1. The second-order valence-corrected chi connectivity index (χ2v) is 9.08. The number of nitrogens with zero attached hydrogens (tertiary/aromatic N) is 2. The topological polar surface area (TPSA) is 78.0 Å². The molecule has 1 amide bonds. The molecule has 0 unspecified atom stereocenters. The summed E-state index contributed by atoms with van der Waals surface area (Å²) in [5.41, 5.74) is -0.562. The predicted molar refractivity (Wildman–Crippen MR) is 103 cm³/mol. The average molecular weight is 399 g/mol. The molecule has 7 nitrogen and oxygen atoms in total. The van der Waals surface area contributed by atoms with Gasteiger partial charge in [-0.1, -0.05) is 0 Å². The van der Waals surface area contributed by atoms with Crippen molar-refractivity contribution in [1.82, 2.24) is 9.88 Å². The Balaban J connectivity index is 2.13. The van der Waals surface area contributed by atoms with E-state index >= 15 is 0 Å². The summed E-state index contributed by atoms with van der Waals surface area (Å²) < 4.78 is 16.2. The number of ether oxygens (including phenoxy) is 3. The van der Waals surface area contributed by atoms with E-state index in [1.165, 1.54) is 18.4 Å². The highest BCUT2D eigenvalue weighted by Gasteiger charge is 2.40. The van der Waals surface area contributed by atoms with Gasteiger partial charge in [0.1, 0.15) is 10.6 Å². The number of rotatable bonds is 6. The lowest BCUT2D eigenvalue weighted by atomic mass is 10.2. The van der Waals surface area contributed by atoms with E-state index in [1.807, 2.05) is 34.6 Å². The van der Waals surface area contributed by atoms with Crippen molar-refractivity contribution in [3.63, 3.8) is 0 Å². The molecular weight excluding hydrogens is 368 g/mol. The molecule has 0 bridgehead atoms. The number of carbonyl (C=O) groups is 2. The zero-order valence-corrected chi connectivity index (χ0v) is 17.8. The van der Waals surface area contributed by atoms with E-state index in [2.05, 4.69) is 9.72 Å². The van der Waals surface area contributed by atoms with Gasteiger partial charge in [-0.25, -0.2) is 9.78 Å². The standard InChI is InChI=1S/C19H30N2O5S/c1-12(2)25-13-9-15(21(11-13)18(23)26-19(3,4)5)17-20-10-14(27-17)7-8-16(22)24-6/h10,12-13,15H,7-9,11H2,1-6H3/t13-,15-/m0/s1. The third kappa shape index (κ3) is 6.46. The van der Waals surface area contributed by atoms with Crippen LogP contribution in [0.25, 0.3) is 0 Å². The Kier molecular flexibility index (Phi) is 7.22. The summed E-state index contributed by atoms with van der Waals surface area (Å²) in [4.78, 5) is 31.3. The van der Waals surface area contributed by atoms with E-state index in [0.717, 1.165) is 9.88 Å². The second-order valence-electron chi connectivity index (χ2n) is 7.93. The van der Waals surface area contributed by atoms with Gasteiger partial charge in [-0.05, 0) is 41.0 Å². The van der Waals surface area contributed by atoms with Gasteiger partial charge in [-0.2, -0.15) is 0 Å². The van der Waals surface area contributed by atoms with Crippen molar-refractivity contribution >= 4 is 23.4 Å². The van der Waals surface area contributed by atoms with Crippen LogP contribution in [0.3, 0.4) is 0 Å². The summed E-state index contributed by atoms with van der Waals surface area (Å²) in [6.07, 6.45) is 3.03. The van der Waals surface area contributed by atoms with Crippen LogP contribution in [0, 0.1) is 0 Å². The van der Waals surface area contributed by atoms with Crippen LogP contribution in [0.4, 0.5) is 4.79 Å². The summed E-state index contributed by atoms with van der Waals surface area (Å²) in [6.45, 7) is 10.0. The Bertz CT molecular complexity index is 653. The van der Waals surface area contributed by atoms with Gasteiger partial charge in [-0.15, -0.1) is 11.3 Å². The lowest BCUT2D eigenvalue weighted by Crippen LogP contribution is -2.37. The fourth-order valence-electron chi connectivity index (χ4n) is 2.96. The number of carbonyl (C=O) groups excluding carboxylic acids is 2. The first-order valence-corrected chi connectivity index (χ1v) is 10.1. The third-order valence-electron chi connectivity index (χ3n) is 4.02. The molecule has 8 heteroatoms. The normalized spacial score (nSPS) is 20.2. The minimum Gasteiger partial charge on any atom is -0.469 e. The van der Waals surface area contributed by atoms with Gasteiger partial charge in [-0.3, -0.25) is 9.69 Å². The maximum atomic E-state index is 12.7. The van der Waals surface area contributed by atoms with E-state index in [4.69, 9.17) is 9.47 Å². The zero-order chi connectivity index (χ0) is 20.2. The highest BCUT2D eigenvalue weighted by Crippen LogP contribution is 2.37. The number of aromatic nitrogens is 1.